The fourth-order valence-electron chi connectivity index (χ4n) is 4.06. The maximum Gasteiger partial charge on any atom is 0.171 e. The van der Waals surface area contributed by atoms with Gasteiger partial charge in [0.15, 0.2) is 5.78 Å². The van der Waals surface area contributed by atoms with Crippen LogP contribution in [0.1, 0.15) is 34.2 Å². The van der Waals surface area contributed by atoms with Crippen LogP contribution < -0.4 is 0 Å². The summed E-state index contributed by atoms with van der Waals surface area (Å²) in [5, 5.41) is 18.3. The molecule has 0 unspecified atom stereocenters. The van der Waals surface area contributed by atoms with Gasteiger partial charge in [0.25, 0.3) is 0 Å². The molecular formula is C23H25NO4. The van der Waals surface area contributed by atoms with Gasteiger partial charge in [0.2, 0.25) is 0 Å². The molecule has 1 heterocycles. The summed E-state index contributed by atoms with van der Waals surface area (Å²) < 4.78 is 5.98. The van der Waals surface area contributed by atoms with Crippen LogP contribution >= 0.6 is 0 Å². The molecule has 0 fully saturated rings. The van der Waals surface area contributed by atoms with E-state index in [-0.39, 0.29) is 19.0 Å². The van der Waals surface area contributed by atoms with Crippen LogP contribution in [-0.4, -0.2) is 47.2 Å². The van der Waals surface area contributed by atoms with Crippen molar-refractivity contribution < 1.29 is 19.7 Å². The maximum atomic E-state index is 12.6. The van der Waals surface area contributed by atoms with Crippen molar-refractivity contribution in [2.24, 2.45) is 0 Å². The minimum Gasteiger partial charge on any atom is -0.487 e. The molecule has 146 valence electrons. The number of hydrogen-bond donors (Lipinski definition) is 2. The molecular weight excluding hydrogens is 354 g/mol. The van der Waals surface area contributed by atoms with Gasteiger partial charge in [-0.05, 0) is 23.1 Å². The van der Waals surface area contributed by atoms with Gasteiger partial charge in [-0.1, -0.05) is 42.5 Å². The number of aliphatic hydroxyl groups excluding tert-OH is 2. The van der Waals surface area contributed by atoms with E-state index in [0.29, 0.717) is 43.9 Å². The van der Waals surface area contributed by atoms with Crippen molar-refractivity contribution in [2.45, 2.75) is 26.0 Å². The Morgan fingerprint density at radius 1 is 0.964 bits per heavy atom. The van der Waals surface area contributed by atoms with Crippen molar-refractivity contribution in [2.75, 3.05) is 26.3 Å². The Kier molecular flexibility index (Phi) is 5.57. The van der Waals surface area contributed by atoms with Gasteiger partial charge >= 0.3 is 0 Å². The first-order chi connectivity index (χ1) is 13.7. The normalized spacial score (nSPS) is 17.8. The highest BCUT2D eigenvalue weighted by Crippen LogP contribution is 2.40. The van der Waals surface area contributed by atoms with Crippen molar-refractivity contribution in [1.29, 1.82) is 0 Å². The lowest BCUT2D eigenvalue weighted by Crippen LogP contribution is -2.28. The lowest BCUT2D eigenvalue weighted by atomic mass is 9.99. The average molecular weight is 379 g/mol. The molecule has 5 heteroatoms. The van der Waals surface area contributed by atoms with Crippen LogP contribution in [0.2, 0.25) is 0 Å². The van der Waals surface area contributed by atoms with Gasteiger partial charge in [-0.25, -0.2) is 0 Å². The SMILES string of the molecule is O=C1Cc2ccccc2/C1=C1\OCc2cc(CN(CCO)CCCO)ccc21. The second kappa shape index (κ2) is 8.27. The highest BCUT2D eigenvalue weighted by molar-refractivity contribution is 6.31. The quantitative estimate of drug-likeness (QED) is 0.723. The van der Waals surface area contributed by atoms with E-state index < -0.39 is 0 Å². The zero-order valence-electron chi connectivity index (χ0n) is 15.9. The van der Waals surface area contributed by atoms with Crippen molar-refractivity contribution >= 4 is 17.1 Å². The fraction of sp³-hybridized carbons (Fsp3) is 0.348. The van der Waals surface area contributed by atoms with Gasteiger partial charge in [0.05, 0.1) is 12.2 Å². The highest BCUT2D eigenvalue weighted by Gasteiger charge is 2.32. The van der Waals surface area contributed by atoms with E-state index in [4.69, 9.17) is 9.84 Å². The molecule has 2 N–H and O–H groups in total. The Morgan fingerprint density at radius 2 is 1.82 bits per heavy atom. The maximum absolute atomic E-state index is 12.6. The predicted octanol–water partition coefficient (Wildman–Crippen LogP) is 2.39. The number of carbonyl (C=O) groups is 1. The standard InChI is InChI=1S/C23H25NO4/c25-10-3-8-24(9-11-26)14-16-6-7-20-18(12-16)15-28-23(20)22-19-5-2-1-4-17(19)13-21(22)27/h1-2,4-7,12,25-26H,3,8-11,13-15H2/b23-22+. The molecule has 0 saturated carbocycles. The molecule has 28 heavy (non-hydrogen) atoms. The van der Waals surface area contributed by atoms with Gasteiger partial charge in [-0.15, -0.1) is 0 Å². The Labute approximate surface area is 164 Å². The number of ketones is 1. The summed E-state index contributed by atoms with van der Waals surface area (Å²) in [4.78, 5) is 14.8. The van der Waals surface area contributed by atoms with Gasteiger partial charge in [-0.2, -0.15) is 0 Å². The van der Waals surface area contributed by atoms with Gasteiger partial charge < -0.3 is 14.9 Å². The summed E-state index contributed by atoms with van der Waals surface area (Å²) in [6, 6.07) is 14.1. The lowest BCUT2D eigenvalue weighted by Gasteiger charge is -2.21. The van der Waals surface area contributed by atoms with E-state index in [2.05, 4.69) is 17.0 Å². The highest BCUT2D eigenvalue weighted by atomic mass is 16.5. The van der Waals surface area contributed by atoms with Crippen LogP contribution in [-0.2, 0) is 29.1 Å². The number of fused-ring (bicyclic) bond motifs is 2. The molecule has 1 aliphatic carbocycles. The smallest absolute Gasteiger partial charge is 0.171 e. The number of hydrogen-bond acceptors (Lipinski definition) is 5. The molecule has 2 aromatic rings. The molecule has 0 spiro atoms. The zero-order chi connectivity index (χ0) is 19.5. The number of aliphatic hydroxyl groups is 2. The van der Waals surface area contributed by atoms with E-state index >= 15 is 0 Å². The third-order valence-corrected chi connectivity index (χ3v) is 5.38. The molecule has 0 radical (unpaired) electrons. The third kappa shape index (κ3) is 3.61. The van der Waals surface area contributed by atoms with Gasteiger partial charge in [-0.3, -0.25) is 9.69 Å². The Hall–Kier alpha value is -2.47. The van der Waals surface area contributed by atoms with Crippen molar-refractivity contribution in [3.63, 3.8) is 0 Å². The Balaban J connectivity index is 1.62. The third-order valence-electron chi connectivity index (χ3n) is 5.38. The van der Waals surface area contributed by atoms with Crippen molar-refractivity contribution in [3.8, 4) is 0 Å². The number of Topliss-reactive ketones (excluding diaryl/α,β-unsaturated/α-hetero) is 1. The van der Waals surface area contributed by atoms with Crippen LogP contribution in [0, 0.1) is 0 Å². The number of carbonyl (C=O) groups excluding carboxylic acids is 1. The van der Waals surface area contributed by atoms with E-state index in [1.165, 1.54) is 0 Å². The molecule has 1 aliphatic heterocycles. The number of nitrogens with zero attached hydrogens (tertiary/aromatic N) is 1. The number of rotatable bonds is 7. The first-order valence-electron chi connectivity index (χ1n) is 9.76. The molecule has 4 rings (SSSR count). The average Bonchev–Trinajstić information content (AvgIpc) is 3.25. The lowest BCUT2D eigenvalue weighted by molar-refractivity contribution is -0.112. The minimum absolute atomic E-state index is 0.0945. The molecule has 2 aromatic carbocycles. The number of ether oxygens (including phenoxy) is 1. The summed E-state index contributed by atoms with van der Waals surface area (Å²) in [5.74, 6) is 0.815. The van der Waals surface area contributed by atoms with Crippen molar-refractivity contribution in [3.05, 3.63) is 70.3 Å². The molecule has 0 aromatic heterocycles. The number of benzene rings is 2. The summed E-state index contributed by atoms with van der Waals surface area (Å²) in [7, 11) is 0. The van der Waals surface area contributed by atoms with E-state index in [9.17, 15) is 9.90 Å². The van der Waals surface area contributed by atoms with Crippen LogP contribution in [0.4, 0.5) is 0 Å². The first-order valence-corrected chi connectivity index (χ1v) is 9.76. The molecule has 0 saturated heterocycles. The van der Waals surface area contributed by atoms with Crippen LogP contribution in [0.15, 0.2) is 42.5 Å². The Bertz CT molecular complexity index is 919. The largest absolute Gasteiger partial charge is 0.487 e. The summed E-state index contributed by atoms with van der Waals surface area (Å²) in [6.45, 7) is 2.73. The summed E-state index contributed by atoms with van der Waals surface area (Å²) in [6.07, 6.45) is 1.12. The van der Waals surface area contributed by atoms with E-state index in [0.717, 1.165) is 34.4 Å². The van der Waals surface area contributed by atoms with E-state index in [1.807, 2.05) is 30.3 Å². The molecule has 0 atom stereocenters. The second-order valence-electron chi connectivity index (χ2n) is 7.32. The van der Waals surface area contributed by atoms with Crippen LogP contribution in [0.3, 0.4) is 0 Å². The molecule has 2 aliphatic rings. The fourth-order valence-corrected chi connectivity index (χ4v) is 4.06. The first kappa shape index (κ1) is 18.9. The number of allylic oxidation sites excluding steroid dienone is 1. The molecule has 0 bridgehead atoms. The predicted molar refractivity (Wildman–Crippen MR) is 107 cm³/mol. The van der Waals surface area contributed by atoms with Gasteiger partial charge in [0.1, 0.15) is 12.4 Å². The van der Waals surface area contributed by atoms with Crippen molar-refractivity contribution in [1.82, 2.24) is 4.90 Å². The van der Waals surface area contributed by atoms with E-state index in [1.54, 1.807) is 0 Å². The monoisotopic (exact) mass is 379 g/mol. The summed E-state index contributed by atoms with van der Waals surface area (Å²) >= 11 is 0. The van der Waals surface area contributed by atoms with Gasteiger partial charge in [0, 0.05) is 43.8 Å². The Morgan fingerprint density at radius 3 is 2.64 bits per heavy atom. The molecule has 0 amide bonds. The zero-order valence-corrected chi connectivity index (χ0v) is 15.9. The van der Waals surface area contributed by atoms with Crippen LogP contribution in [0.25, 0.3) is 11.3 Å². The summed E-state index contributed by atoms with van der Waals surface area (Å²) in [5.41, 5.74) is 5.96. The molecule has 5 nitrogen and oxygen atoms in total. The minimum atomic E-state index is 0.0945. The van der Waals surface area contributed by atoms with Crippen LogP contribution in [0.5, 0.6) is 0 Å². The topological polar surface area (TPSA) is 70.0 Å². The second-order valence-corrected chi connectivity index (χ2v) is 7.32.